The van der Waals surface area contributed by atoms with Crippen LogP contribution in [0.2, 0.25) is 0 Å². The molecule has 2 bridgehead atoms. The molecule has 0 amide bonds. The number of carbonyl (C=O) groups excluding carboxylic acids is 1. The Balaban J connectivity index is 1.46. The van der Waals surface area contributed by atoms with Gasteiger partial charge in [-0.3, -0.25) is 4.79 Å². The van der Waals surface area contributed by atoms with Crippen LogP contribution in [0.5, 0.6) is 0 Å². The van der Waals surface area contributed by atoms with Gasteiger partial charge < -0.3 is 9.47 Å². The first-order valence-corrected chi connectivity index (χ1v) is 12.8. The van der Waals surface area contributed by atoms with Gasteiger partial charge in [-0.1, -0.05) is 34.6 Å². The van der Waals surface area contributed by atoms with Crippen molar-refractivity contribution in [3.8, 4) is 0 Å². The van der Waals surface area contributed by atoms with Gasteiger partial charge in [-0.15, -0.1) is 0 Å². The number of carbonyl (C=O) groups is 1. The topological polar surface area (TPSA) is 35.5 Å². The quantitative estimate of drug-likeness (QED) is 0.477. The van der Waals surface area contributed by atoms with Gasteiger partial charge in [-0.25, -0.2) is 0 Å². The number of fused-ring (bicyclic) bond motifs is 7. The lowest BCUT2D eigenvalue weighted by molar-refractivity contribution is -0.246. The van der Waals surface area contributed by atoms with Crippen molar-refractivity contribution >= 4 is 5.78 Å². The largest absolute Gasteiger partial charge is 0.349 e. The van der Waals surface area contributed by atoms with E-state index in [4.69, 9.17) is 9.47 Å². The highest BCUT2D eigenvalue weighted by atomic mass is 16.7. The summed E-state index contributed by atoms with van der Waals surface area (Å²) in [6, 6.07) is 0. The van der Waals surface area contributed by atoms with E-state index in [1.54, 1.807) is 0 Å². The van der Waals surface area contributed by atoms with Crippen molar-refractivity contribution in [2.45, 2.75) is 117 Å². The third-order valence-electron chi connectivity index (χ3n) is 12.5. The van der Waals surface area contributed by atoms with Crippen LogP contribution < -0.4 is 0 Å². The number of hydrogen-bond donors (Lipinski definition) is 0. The summed E-state index contributed by atoms with van der Waals surface area (Å²) in [5, 5.41) is 0. The van der Waals surface area contributed by atoms with Crippen molar-refractivity contribution < 1.29 is 14.3 Å². The smallest absolute Gasteiger partial charge is 0.158 e. The molecule has 10 atom stereocenters. The van der Waals surface area contributed by atoms with Crippen LogP contribution in [0, 0.1) is 45.3 Å². The SMILES string of the molecule is CC1(C)C(=O)CC[C@]2(C)[C@H]3C[C@H]4O[C@H]5CC[C@](C)(O5)[C@H]5CC[C@](C)([C@H]45)[C@]3(C)CC[C@@H]12. The van der Waals surface area contributed by atoms with E-state index in [0.717, 1.165) is 25.7 Å². The third kappa shape index (κ3) is 2.13. The van der Waals surface area contributed by atoms with Crippen molar-refractivity contribution in [2.75, 3.05) is 0 Å². The van der Waals surface area contributed by atoms with Gasteiger partial charge in [0.05, 0.1) is 11.7 Å². The first-order valence-electron chi connectivity index (χ1n) is 12.8. The standard InChI is InChI=1S/C27H42O3/c1-23(2)18-8-13-25(4)19(24(18,3)11-9-20(23)28)15-17-22-16(7-12-26(22,25)5)27(6)14-10-21(29-17)30-27/h16-19,21-22H,7-15H2,1-6H3/t16-,17+,18-,19+,21+,22-,24-,25+,26+,27-/m0/s1. The summed E-state index contributed by atoms with van der Waals surface area (Å²) in [5.74, 6) is 2.93. The Labute approximate surface area is 183 Å². The second-order valence-corrected chi connectivity index (χ2v) is 13.6. The van der Waals surface area contributed by atoms with Gasteiger partial charge in [0.25, 0.3) is 0 Å². The molecule has 0 aromatic heterocycles. The zero-order valence-electron chi connectivity index (χ0n) is 20.1. The maximum atomic E-state index is 12.9. The van der Waals surface area contributed by atoms with Crippen LogP contribution in [0.3, 0.4) is 0 Å². The molecule has 4 saturated carbocycles. The van der Waals surface area contributed by atoms with E-state index in [1.165, 1.54) is 32.1 Å². The van der Waals surface area contributed by atoms with Crippen LogP contribution in [0.25, 0.3) is 0 Å². The molecule has 0 unspecified atom stereocenters. The normalized spacial score (nSPS) is 61.1. The average molecular weight is 415 g/mol. The van der Waals surface area contributed by atoms with Crippen molar-refractivity contribution in [2.24, 2.45) is 45.3 Å². The molecule has 0 spiro atoms. The molecule has 2 aliphatic heterocycles. The highest BCUT2D eigenvalue weighted by Gasteiger charge is 2.73. The fourth-order valence-corrected chi connectivity index (χ4v) is 10.7. The summed E-state index contributed by atoms with van der Waals surface area (Å²) in [6.45, 7) is 14.7. The van der Waals surface area contributed by atoms with Gasteiger partial charge in [0.1, 0.15) is 5.78 Å². The summed E-state index contributed by atoms with van der Waals surface area (Å²) in [6.07, 6.45) is 10.7. The van der Waals surface area contributed by atoms with E-state index in [9.17, 15) is 4.79 Å². The number of ether oxygens (including phenoxy) is 2. The molecule has 6 fully saturated rings. The van der Waals surface area contributed by atoms with Crippen molar-refractivity contribution in [1.82, 2.24) is 0 Å². The van der Waals surface area contributed by atoms with Gasteiger partial charge in [0.15, 0.2) is 6.29 Å². The van der Waals surface area contributed by atoms with Crippen molar-refractivity contribution in [1.29, 1.82) is 0 Å². The predicted molar refractivity (Wildman–Crippen MR) is 117 cm³/mol. The Morgan fingerprint density at radius 3 is 2.33 bits per heavy atom. The Bertz CT molecular complexity index is 789. The van der Waals surface area contributed by atoms with Gasteiger partial charge in [0.2, 0.25) is 0 Å². The molecule has 2 saturated heterocycles. The first kappa shape index (κ1) is 20.2. The number of hydrogen-bond acceptors (Lipinski definition) is 3. The summed E-state index contributed by atoms with van der Waals surface area (Å²) in [4.78, 5) is 12.9. The van der Waals surface area contributed by atoms with Gasteiger partial charge >= 0.3 is 0 Å². The van der Waals surface area contributed by atoms with Crippen LogP contribution >= 0.6 is 0 Å². The summed E-state index contributed by atoms with van der Waals surface area (Å²) >= 11 is 0. The highest BCUT2D eigenvalue weighted by Crippen LogP contribution is 2.76. The van der Waals surface area contributed by atoms with Crippen LogP contribution in [0.1, 0.15) is 99.3 Å². The second-order valence-electron chi connectivity index (χ2n) is 13.6. The maximum Gasteiger partial charge on any atom is 0.158 e. The zero-order chi connectivity index (χ0) is 21.3. The number of ketones is 1. The molecule has 168 valence electrons. The van der Waals surface area contributed by atoms with Crippen molar-refractivity contribution in [3.05, 3.63) is 0 Å². The minimum absolute atomic E-state index is 0.00998. The molecule has 0 aromatic carbocycles. The molecular weight excluding hydrogens is 372 g/mol. The molecule has 3 nitrogen and oxygen atoms in total. The predicted octanol–water partition coefficient (Wildman–Crippen LogP) is 6.14. The molecule has 0 radical (unpaired) electrons. The number of rotatable bonds is 0. The molecule has 3 heteroatoms. The van der Waals surface area contributed by atoms with Crippen LogP contribution in [-0.4, -0.2) is 23.8 Å². The van der Waals surface area contributed by atoms with Gasteiger partial charge in [-0.05, 0) is 91.8 Å². The minimum atomic E-state index is -0.176. The van der Waals surface area contributed by atoms with Gasteiger partial charge in [-0.2, -0.15) is 0 Å². The molecular formula is C27H42O3. The fraction of sp³-hybridized carbons (Fsp3) is 0.963. The van der Waals surface area contributed by atoms with E-state index in [0.29, 0.717) is 46.4 Å². The monoisotopic (exact) mass is 414 g/mol. The highest BCUT2D eigenvalue weighted by molar-refractivity contribution is 5.85. The van der Waals surface area contributed by atoms with E-state index in [1.807, 2.05) is 0 Å². The van der Waals surface area contributed by atoms with Crippen LogP contribution in [0.4, 0.5) is 0 Å². The Hall–Kier alpha value is -0.410. The molecule has 0 aromatic rings. The molecule has 6 rings (SSSR count). The second kappa shape index (κ2) is 5.74. The molecule has 4 aliphatic carbocycles. The summed E-state index contributed by atoms with van der Waals surface area (Å²) in [5.41, 5.74) is 0.751. The molecule has 0 N–H and O–H groups in total. The first-order chi connectivity index (χ1) is 14.0. The zero-order valence-corrected chi connectivity index (χ0v) is 20.1. The van der Waals surface area contributed by atoms with Gasteiger partial charge in [0, 0.05) is 18.3 Å². The van der Waals surface area contributed by atoms with E-state index >= 15 is 0 Å². The van der Waals surface area contributed by atoms with Crippen LogP contribution in [-0.2, 0) is 14.3 Å². The Kier molecular flexibility index (Phi) is 3.87. The van der Waals surface area contributed by atoms with Crippen molar-refractivity contribution in [3.63, 3.8) is 0 Å². The molecule has 6 aliphatic rings. The van der Waals surface area contributed by atoms with E-state index in [2.05, 4.69) is 41.5 Å². The molecule has 30 heavy (non-hydrogen) atoms. The lowest BCUT2D eigenvalue weighted by Crippen LogP contribution is -2.66. The summed E-state index contributed by atoms with van der Waals surface area (Å²) < 4.78 is 13.4. The summed E-state index contributed by atoms with van der Waals surface area (Å²) in [7, 11) is 0. The lowest BCUT2D eigenvalue weighted by Gasteiger charge is -2.70. The third-order valence-corrected chi connectivity index (χ3v) is 12.5. The van der Waals surface area contributed by atoms with Crippen LogP contribution in [0.15, 0.2) is 0 Å². The number of Topliss-reactive ketones (excluding diaryl/α,β-unsaturated/α-hetero) is 1. The Morgan fingerprint density at radius 1 is 0.833 bits per heavy atom. The Morgan fingerprint density at radius 2 is 1.57 bits per heavy atom. The molecule has 2 heterocycles. The van der Waals surface area contributed by atoms with E-state index < -0.39 is 0 Å². The maximum absolute atomic E-state index is 12.9. The minimum Gasteiger partial charge on any atom is -0.349 e. The lowest BCUT2D eigenvalue weighted by atomic mass is 9.35. The average Bonchev–Trinajstić information content (AvgIpc) is 3.19. The fourth-order valence-electron chi connectivity index (χ4n) is 10.7. The van der Waals surface area contributed by atoms with E-state index in [-0.39, 0.29) is 22.7 Å².